The first-order chi connectivity index (χ1) is 15.1. The van der Waals surface area contributed by atoms with Gasteiger partial charge in [-0.3, -0.25) is 9.69 Å². The van der Waals surface area contributed by atoms with Crippen LogP contribution in [0.15, 0.2) is 46.9 Å². The number of aryl methyl sites for hydroxylation is 1. The first-order valence-corrected chi connectivity index (χ1v) is 10.8. The molecule has 1 aliphatic rings. The molecule has 1 atom stereocenters. The minimum atomic E-state index is -0.253. The van der Waals surface area contributed by atoms with Crippen LogP contribution < -0.4 is 10.1 Å². The average molecular weight is 424 g/mol. The molecule has 8 nitrogen and oxygen atoms in total. The van der Waals surface area contributed by atoms with Crippen molar-refractivity contribution in [3.8, 4) is 5.75 Å². The van der Waals surface area contributed by atoms with E-state index in [9.17, 15) is 4.79 Å². The predicted octanol–water partition coefficient (Wildman–Crippen LogP) is 2.75. The number of carbonyl (C=O) groups excluding carboxylic acids is 1. The molecule has 1 N–H and O–H groups in total. The van der Waals surface area contributed by atoms with Crippen molar-refractivity contribution in [3.05, 3.63) is 65.6 Å². The van der Waals surface area contributed by atoms with Gasteiger partial charge in [0.1, 0.15) is 23.1 Å². The molecule has 3 heterocycles. The van der Waals surface area contributed by atoms with Gasteiger partial charge in [0.15, 0.2) is 12.4 Å². The summed E-state index contributed by atoms with van der Waals surface area (Å²) < 4.78 is 13.5. The third-order valence-electron chi connectivity index (χ3n) is 5.47. The van der Waals surface area contributed by atoms with Crippen molar-refractivity contribution < 1.29 is 13.9 Å². The highest BCUT2D eigenvalue weighted by Crippen LogP contribution is 2.18. The Balaban J connectivity index is 1.32. The minimum Gasteiger partial charge on any atom is -0.484 e. The van der Waals surface area contributed by atoms with Crippen molar-refractivity contribution in [1.82, 2.24) is 25.0 Å². The molecule has 1 aromatic carbocycles. The predicted molar refractivity (Wildman–Crippen MR) is 116 cm³/mol. The van der Waals surface area contributed by atoms with Crippen LogP contribution in [0.3, 0.4) is 0 Å². The summed E-state index contributed by atoms with van der Waals surface area (Å²) in [7, 11) is 0. The lowest BCUT2D eigenvalue weighted by Crippen LogP contribution is -2.33. The van der Waals surface area contributed by atoms with Crippen molar-refractivity contribution in [3.63, 3.8) is 0 Å². The Morgan fingerprint density at radius 2 is 1.94 bits per heavy atom. The quantitative estimate of drug-likeness (QED) is 0.600. The van der Waals surface area contributed by atoms with Gasteiger partial charge in [-0.15, -0.1) is 10.2 Å². The topological polar surface area (TPSA) is 85.4 Å². The lowest BCUT2D eigenvalue weighted by Gasteiger charge is -2.19. The van der Waals surface area contributed by atoms with Crippen molar-refractivity contribution >= 4 is 5.91 Å². The molecule has 0 radical (unpaired) electrons. The molecule has 0 spiro atoms. The summed E-state index contributed by atoms with van der Waals surface area (Å²) in [6.45, 7) is 7.32. The number of rotatable bonds is 8. The van der Waals surface area contributed by atoms with Crippen molar-refractivity contribution in [2.45, 2.75) is 45.8 Å². The van der Waals surface area contributed by atoms with E-state index in [2.05, 4.69) is 38.0 Å². The van der Waals surface area contributed by atoms with E-state index in [0.29, 0.717) is 5.75 Å². The van der Waals surface area contributed by atoms with E-state index in [-0.39, 0.29) is 18.6 Å². The molecule has 0 aliphatic carbocycles. The summed E-state index contributed by atoms with van der Waals surface area (Å²) in [4.78, 5) is 14.7. The zero-order chi connectivity index (χ0) is 21.6. The Morgan fingerprint density at radius 3 is 2.71 bits per heavy atom. The molecule has 164 valence electrons. The maximum absolute atomic E-state index is 12.3. The highest BCUT2D eigenvalue weighted by molar-refractivity contribution is 5.77. The second-order valence-corrected chi connectivity index (χ2v) is 7.76. The normalized spacial score (nSPS) is 15.2. The fourth-order valence-electron chi connectivity index (χ4n) is 3.80. The number of hydrogen-bond donors (Lipinski definition) is 1. The van der Waals surface area contributed by atoms with E-state index >= 15 is 0 Å². The van der Waals surface area contributed by atoms with Crippen LogP contribution in [-0.2, 0) is 30.7 Å². The molecule has 0 saturated carbocycles. The molecular formula is C23H29N5O3. The molecular weight excluding hydrogens is 394 g/mol. The van der Waals surface area contributed by atoms with Gasteiger partial charge in [-0.1, -0.05) is 25.1 Å². The van der Waals surface area contributed by atoms with Crippen molar-refractivity contribution in [2.24, 2.45) is 0 Å². The number of nitrogens with one attached hydrogen (secondary N) is 1. The van der Waals surface area contributed by atoms with Crippen LogP contribution in [0.2, 0.25) is 0 Å². The summed E-state index contributed by atoms with van der Waals surface area (Å²) >= 11 is 0. The van der Waals surface area contributed by atoms with Gasteiger partial charge in [-0.05, 0) is 31.2 Å². The second-order valence-electron chi connectivity index (χ2n) is 7.76. The van der Waals surface area contributed by atoms with E-state index < -0.39 is 0 Å². The number of aromatic nitrogens is 3. The number of ether oxygens (including phenoxy) is 1. The van der Waals surface area contributed by atoms with Crippen LogP contribution >= 0.6 is 0 Å². The number of benzene rings is 1. The van der Waals surface area contributed by atoms with Crippen LogP contribution in [0.5, 0.6) is 5.75 Å². The van der Waals surface area contributed by atoms with E-state index in [0.717, 1.165) is 62.2 Å². The summed E-state index contributed by atoms with van der Waals surface area (Å²) in [6, 6.07) is 13.2. The smallest absolute Gasteiger partial charge is 0.258 e. The Hall–Kier alpha value is -3.13. The number of hydrogen-bond acceptors (Lipinski definition) is 6. The van der Waals surface area contributed by atoms with Crippen LogP contribution in [0.1, 0.15) is 43.1 Å². The fourth-order valence-corrected chi connectivity index (χ4v) is 3.80. The molecule has 0 unspecified atom stereocenters. The molecule has 4 rings (SSSR count). The monoisotopic (exact) mass is 423 g/mol. The second kappa shape index (κ2) is 9.78. The average Bonchev–Trinajstić information content (AvgIpc) is 3.36. The van der Waals surface area contributed by atoms with Crippen LogP contribution in [-0.4, -0.2) is 45.3 Å². The van der Waals surface area contributed by atoms with Gasteiger partial charge in [0.25, 0.3) is 5.91 Å². The molecule has 0 fully saturated rings. The lowest BCUT2D eigenvalue weighted by molar-refractivity contribution is -0.123. The SMILES string of the molecule is CCc1ccc(CN2CCc3nnc([C@H](C)NC(=O)COc4ccccc4)n3CC2)o1. The lowest BCUT2D eigenvalue weighted by atomic mass is 10.3. The third-order valence-corrected chi connectivity index (χ3v) is 5.47. The Labute approximate surface area is 182 Å². The zero-order valence-corrected chi connectivity index (χ0v) is 18.1. The van der Waals surface area contributed by atoms with Gasteiger partial charge < -0.3 is 19.0 Å². The van der Waals surface area contributed by atoms with Gasteiger partial charge in [0.2, 0.25) is 0 Å². The molecule has 8 heteroatoms. The van der Waals surface area contributed by atoms with E-state index in [4.69, 9.17) is 9.15 Å². The summed E-state index contributed by atoms with van der Waals surface area (Å²) in [5.74, 6) is 4.22. The van der Waals surface area contributed by atoms with Gasteiger partial charge in [-0.25, -0.2) is 0 Å². The number of para-hydroxylation sites is 1. The summed E-state index contributed by atoms with van der Waals surface area (Å²) in [5, 5.41) is 11.7. The maximum Gasteiger partial charge on any atom is 0.258 e. The highest BCUT2D eigenvalue weighted by atomic mass is 16.5. The fraction of sp³-hybridized carbons (Fsp3) is 0.435. The molecule has 2 aromatic heterocycles. The zero-order valence-electron chi connectivity index (χ0n) is 18.1. The minimum absolute atomic E-state index is 0.0357. The summed E-state index contributed by atoms with van der Waals surface area (Å²) in [6.07, 6.45) is 1.72. The summed E-state index contributed by atoms with van der Waals surface area (Å²) in [5.41, 5.74) is 0. The first kappa shape index (κ1) is 21.1. The van der Waals surface area contributed by atoms with E-state index in [1.165, 1.54) is 0 Å². The molecule has 1 aliphatic heterocycles. The molecule has 0 saturated heterocycles. The van der Waals surface area contributed by atoms with Crippen molar-refractivity contribution in [2.75, 3.05) is 19.7 Å². The van der Waals surface area contributed by atoms with Gasteiger partial charge in [-0.2, -0.15) is 0 Å². The number of nitrogens with zero attached hydrogens (tertiary/aromatic N) is 4. The Bertz CT molecular complexity index is 998. The van der Waals surface area contributed by atoms with Crippen LogP contribution in [0.4, 0.5) is 0 Å². The molecule has 1 amide bonds. The highest BCUT2D eigenvalue weighted by Gasteiger charge is 2.23. The van der Waals surface area contributed by atoms with Crippen LogP contribution in [0.25, 0.3) is 0 Å². The largest absolute Gasteiger partial charge is 0.484 e. The van der Waals surface area contributed by atoms with Gasteiger partial charge in [0.05, 0.1) is 12.6 Å². The van der Waals surface area contributed by atoms with Crippen LogP contribution in [0, 0.1) is 0 Å². The molecule has 31 heavy (non-hydrogen) atoms. The molecule has 0 bridgehead atoms. The van der Waals surface area contributed by atoms with E-state index in [1.54, 1.807) is 0 Å². The van der Waals surface area contributed by atoms with Gasteiger partial charge in [0, 0.05) is 32.5 Å². The van der Waals surface area contributed by atoms with E-state index in [1.807, 2.05) is 43.3 Å². The first-order valence-electron chi connectivity index (χ1n) is 10.8. The Kier molecular flexibility index (Phi) is 6.66. The number of carbonyl (C=O) groups is 1. The number of fused-ring (bicyclic) bond motifs is 1. The molecule has 3 aromatic rings. The standard InChI is InChI=1S/C23H29N5O3/c1-3-18-9-10-20(31-18)15-27-12-11-21-25-26-23(28(21)14-13-27)17(2)24-22(29)16-30-19-7-5-4-6-8-19/h4-10,17H,3,11-16H2,1-2H3,(H,24,29)/t17-/m0/s1. The third kappa shape index (κ3) is 5.32. The van der Waals surface area contributed by atoms with Gasteiger partial charge >= 0.3 is 0 Å². The number of furan rings is 1. The van der Waals surface area contributed by atoms with Crippen molar-refractivity contribution in [1.29, 1.82) is 0 Å². The number of amides is 1. The Morgan fingerprint density at radius 1 is 1.13 bits per heavy atom. The maximum atomic E-state index is 12.3.